The monoisotopic (exact) mass is 329 g/mol. The lowest BCUT2D eigenvalue weighted by atomic mass is 10.1. The summed E-state index contributed by atoms with van der Waals surface area (Å²) in [5, 5.41) is 4.28. The maximum absolute atomic E-state index is 13.5. The van der Waals surface area contributed by atoms with E-state index < -0.39 is 15.7 Å². The van der Waals surface area contributed by atoms with Gasteiger partial charge in [-0.05, 0) is 12.5 Å². The zero-order valence-electron chi connectivity index (χ0n) is 11.0. The lowest BCUT2D eigenvalue weighted by Gasteiger charge is -2.10. The first kappa shape index (κ1) is 14.3. The zero-order valence-corrected chi connectivity index (χ0v) is 12.5. The molecule has 1 aromatic heterocycles. The molecule has 0 aliphatic carbocycles. The Morgan fingerprint density at radius 2 is 2.19 bits per heavy atom. The van der Waals surface area contributed by atoms with Crippen molar-refractivity contribution in [3.05, 3.63) is 35.1 Å². The molecule has 1 aromatic carbocycles. The molecule has 2 N–H and O–H groups in total. The van der Waals surface area contributed by atoms with Gasteiger partial charge >= 0.3 is 0 Å². The molecule has 1 aliphatic rings. The van der Waals surface area contributed by atoms with Crippen LogP contribution in [0.5, 0.6) is 0 Å². The van der Waals surface area contributed by atoms with Crippen LogP contribution in [0.2, 0.25) is 5.02 Å². The van der Waals surface area contributed by atoms with Gasteiger partial charge < -0.3 is 5.73 Å². The molecule has 112 valence electrons. The van der Waals surface area contributed by atoms with Crippen LogP contribution in [-0.2, 0) is 9.84 Å². The molecular weight excluding hydrogens is 317 g/mol. The van der Waals surface area contributed by atoms with E-state index in [4.69, 9.17) is 17.3 Å². The van der Waals surface area contributed by atoms with E-state index >= 15 is 0 Å². The summed E-state index contributed by atoms with van der Waals surface area (Å²) in [5.74, 6) is -0.0412. The second kappa shape index (κ2) is 4.99. The van der Waals surface area contributed by atoms with E-state index in [1.54, 1.807) is 12.1 Å². The highest BCUT2D eigenvalue weighted by Gasteiger charge is 2.31. The highest BCUT2D eigenvalue weighted by Crippen LogP contribution is 2.32. The third kappa shape index (κ3) is 2.63. The fraction of sp³-hybridized carbons (Fsp3) is 0.308. The van der Waals surface area contributed by atoms with Crippen molar-refractivity contribution in [1.29, 1.82) is 0 Å². The summed E-state index contributed by atoms with van der Waals surface area (Å²) in [6, 6.07) is 5.73. The Labute approximate surface area is 126 Å². The Kier molecular flexibility index (Phi) is 3.41. The first-order valence-electron chi connectivity index (χ1n) is 6.37. The number of aromatic nitrogens is 2. The summed E-state index contributed by atoms with van der Waals surface area (Å²) < 4.78 is 38.1. The van der Waals surface area contributed by atoms with Crippen molar-refractivity contribution in [2.75, 3.05) is 17.2 Å². The van der Waals surface area contributed by atoms with Gasteiger partial charge in [0.15, 0.2) is 9.84 Å². The van der Waals surface area contributed by atoms with Crippen LogP contribution >= 0.6 is 11.6 Å². The molecule has 0 amide bonds. The fourth-order valence-corrected chi connectivity index (χ4v) is 4.42. The highest BCUT2D eigenvalue weighted by atomic mass is 35.5. The SMILES string of the molecule is Nc1cc(-c2cccc(F)c2Cl)nn1C1CCS(=O)(=O)C1. The summed E-state index contributed by atoms with van der Waals surface area (Å²) in [6.45, 7) is 0. The number of anilines is 1. The number of halogens is 2. The molecule has 2 aromatic rings. The number of sulfone groups is 1. The van der Waals surface area contributed by atoms with Crippen molar-refractivity contribution >= 4 is 27.3 Å². The number of rotatable bonds is 2. The Balaban J connectivity index is 2.01. The molecular formula is C13H13ClFN3O2S. The minimum absolute atomic E-state index is 0.0230. The average Bonchev–Trinajstić information content (AvgIpc) is 2.95. The van der Waals surface area contributed by atoms with Crippen molar-refractivity contribution in [2.24, 2.45) is 0 Å². The van der Waals surface area contributed by atoms with Gasteiger partial charge in [-0.2, -0.15) is 5.10 Å². The number of nitrogens with zero attached hydrogens (tertiary/aromatic N) is 2. The lowest BCUT2D eigenvalue weighted by molar-refractivity contribution is 0.508. The van der Waals surface area contributed by atoms with E-state index in [9.17, 15) is 12.8 Å². The molecule has 8 heteroatoms. The molecule has 2 heterocycles. The standard InChI is InChI=1S/C13H13ClFN3O2S/c14-13-9(2-1-3-10(13)15)11-6-12(16)18(17-11)8-4-5-21(19,20)7-8/h1-3,6,8H,4-5,7,16H2. The van der Waals surface area contributed by atoms with Crippen LogP contribution in [-0.4, -0.2) is 29.7 Å². The molecule has 1 fully saturated rings. The molecule has 1 unspecified atom stereocenters. The van der Waals surface area contributed by atoms with E-state index in [-0.39, 0.29) is 22.6 Å². The predicted molar refractivity (Wildman–Crippen MR) is 79.4 cm³/mol. The second-order valence-corrected chi connectivity index (χ2v) is 7.66. The van der Waals surface area contributed by atoms with Crippen molar-refractivity contribution in [3.8, 4) is 11.3 Å². The van der Waals surface area contributed by atoms with E-state index in [0.29, 0.717) is 23.5 Å². The number of nitrogens with two attached hydrogens (primary N) is 1. The molecule has 1 atom stereocenters. The summed E-state index contributed by atoms with van der Waals surface area (Å²) in [4.78, 5) is 0. The van der Waals surface area contributed by atoms with Crippen LogP contribution < -0.4 is 5.73 Å². The second-order valence-electron chi connectivity index (χ2n) is 5.06. The van der Waals surface area contributed by atoms with Gasteiger partial charge in [0.25, 0.3) is 0 Å². The zero-order chi connectivity index (χ0) is 15.2. The van der Waals surface area contributed by atoms with Gasteiger partial charge in [0, 0.05) is 11.6 Å². The number of benzene rings is 1. The van der Waals surface area contributed by atoms with Crippen LogP contribution in [0.15, 0.2) is 24.3 Å². The first-order valence-corrected chi connectivity index (χ1v) is 8.57. The van der Waals surface area contributed by atoms with Gasteiger partial charge in [0.05, 0.1) is 28.3 Å². The molecule has 1 saturated heterocycles. The summed E-state index contributed by atoms with van der Waals surface area (Å²) in [7, 11) is -3.03. The first-order chi connectivity index (χ1) is 9.87. The van der Waals surface area contributed by atoms with Gasteiger partial charge in [-0.15, -0.1) is 0 Å². The Morgan fingerprint density at radius 3 is 2.86 bits per heavy atom. The molecule has 5 nitrogen and oxygen atoms in total. The minimum Gasteiger partial charge on any atom is -0.384 e. The van der Waals surface area contributed by atoms with E-state index in [1.807, 2.05) is 0 Å². The van der Waals surface area contributed by atoms with Crippen LogP contribution in [0.25, 0.3) is 11.3 Å². The predicted octanol–water partition coefficient (Wildman–Crippen LogP) is 2.28. The van der Waals surface area contributed by atoms with Gasteiger partial charge in [0.1, 0.15) is 11.6 Å². The van der Waals surface area contributed by atoms with Gasteiger partial charge in [-0.3, -0.25) is 0 Å². The maximum Gasteiger partial charge on any atom is 0.152 e. The summed E-state index contributed by atoms with van der Waals surface area (Å²) in [6.07, 6.45) is 0.477. The van der Waals surface area contributed by atoms with Gasteiger partial charge in [0.2, 0.25) is 0 Å². The molecule has 0 spiro atoms. The van der Waals surface area contributed by atoms with Crippen molar-refractivity contribution in [1.82, 2.24) is 9.78 Å². The van der Waals surface area contributed by atoms with E-state index in [0.717, 1.165) is 0 Å². The van der Waals surface area contributed by atoms with Crippen LogP contribution in [0.1, 0.15) is 12.5 Å². The van der Waals surface area contributed by atoms with Crippen molar-refractivity contribution in [2.45, 2.75) is 12.5 Å². The number of hydrogen-bond acceptors (Lipinski definition) is 4. The molecule has 0 saturated carbocycles. The number of hydrogen-bond donors (Lipinski definition) is 1. The van der Waals surface area contributed by atoms with E-state index in [2.05, 4.69) is 5.10 Å². The Morgan fingerprint density at radius 1 is 1.43 bits per heavy atom. The van der Waals surface area contributed by atoms with Gasteiger partial charge in [-0.1, -0.05) is 23.7 Å². The van der Waals surface area contributed by atoms with Crippen molar-refractivity contribution in [3.63, 3.8) is 0 Å². The van der Waals surface area contributed by atoms with Crippen LogP contribution in [0.4, 0.5) is 10.2 Å². The smallest absolute Gasteiger partial charge is 0.152 e. The van der Waals surface area contributed by atoms with Crippen LogP contribution in [0.3, 0.4) is 0 Å². The highest BCUT2D eigenvalue weighted by molar-refractivity contribution is 7.91. The fourth-order valence-electron chi connectivity index (χ4n) is 2.50. The van der Waals surface area contributed by atoms with Gasteiger partial charge in [-0.25, -0.2) is 17.5 Å². The minimum atomic E-state index is -3.03. The molecule has 3 rings (SSSR count). The molecule has 21 heavy (non-hydrogen) atoms. The van der Waals surface area contributed by atoms with Crippen LogP contribution in [0, 0.1) is 5.82 Å². The Hall–Kier alpha value is -1.60. The summed E-state index contributed by atoms with van der Waals surface area (Å²) >= 11 is 5.93. The topological polar surface area (TPSA) is 78.0 Å². The largest absolute Gasteiger partial charge is 0.384 e. The van der Waals surface area contributed by atoms with E-state index in [1.165, 1.54) is 16.8 Å². The maximum atomic E-state index is 13.5. The normalized spacial score (nSPS) is 20.8. The Bertz CT molecular complexity index is 804. The third-order valence-corrected chi connectivity index (χ3v) is 5.68. The summed E-state index contributed by atoms with van der Waals surface area (Å²) in [5.41, 5.74) is 6.77. The lowest BCUT2D eigenvalue weighted by Crippen LogP contribution is -2.14. The molecule has 0 bridgehead atoms. The number of nitrogen functional groups attached to an aromatic ring is 1. The quantitative estimate of drug-likeness (QED) is 0.917. The average molecular weight is 330 g/mol. The van der Waals surface area contributed by atoms with Crippen molar-refractivity contribution < 1.29 is 12.8 Å². The molecule has 0 radical (unpaired) electrons. The third-order valence-electron chi connectivity index (χ3n) is 3.55. The molecule has 1 aliphatic heterocycles.